The summed E-state index contributed by atoms with van der Waals surface area (Å²) in [6, 6.07) is 3.90. The van der Waals surface area contributed by atoms with Gasteiger partial charge in [-0.1, -0.05) is 0 Å². The number of likely N-dealkylation sites (N-methyl/N-ethyl adjacent to an activating group) is 1. The number of nitrogens with zero attached hydrogens (tertiary/aromatic N) is 3. The van der Waals surface area contributed by atoms with E-state index in [1.807, 2.05) is 19.2 Å². The zero-order valence-electron chi connectivity index (χ0n) is 8.18. The van der Waals surface area contributed by atoms with Crippen LogP contribution in [0.3, 0.4) is 0 Å². The van der Waals surface area contributed by atoms with Crippen LogP contribution in [-0.2, 0) is 4.79 Å². The highest BCUT2D eigenvalue weighted by atomic mass is 16.1. The number of anilines is 2. The summed E-state index contributed by atoms with van der Waals surface area (Å²) in [6.45, 7) is 2.25. The first-order valence-corrected chi connectivity index (χ1v) is 4.67. The number of rotatable bonds is 2. The summed E-state index contributed by atoms with van der Waals surface area (Å²) in [5.74, 6) is 0.959. The molecule has 1 aromatic heterocycles. The molecule has 1 aliphatic heterocycles. The Labute approximate surface area is 83.2 Å². The molecule has 0 atom stereocenters. The molecule has 0 spiro atoms. The summed E-state index contributed by atoms with van der Waals surface area (Å²) in [5.41, 5.74) is 1.05. The molecule has 0 bridgehead atoms. The lowest BCUT2D eigenvalue weighted by molar-refractivity contribution is -0.106. The summed E-state index contributed by atoms with van der Waals surface area (Å²) >= 11 is 0. The zero-order chi connectivity index (χ0) is 9.97. The number of fused-ring (bicyclic) bond motifs is 1. The molecule has 1 aliphatic rings. The molecule has 4 nitrogen and oxygen atoms in total. The van der Waals surface area contributed by atoms with Gasteiger partial charge in [0.15, 0.2) is 5.82 Å². The molecule has 0 radical (unpaired) electrons. The van der Waals surface area contributed by atoms with Crippen LogP contribution in [0.2, 0.25) is 0 Å². The number of aldehydes is 1. The molecular formula is C10H13N3O. The maximum absolute atomic E-state index is 10.5. The van der Waals surface area contributed by atoms with Crippen molar-refractivity contribution in [1.82, 2.24) is 4.98 Å². The standard InChI is InChI=1S/C10H13N3O/c1-12-5-6-13(7-8-14)9-3-2-4-11-10(9)12/h2-4,8H,5-7H2,1H3. The Kier molecular flexibility index (Phi) is 2.35. The summed E-state index contributed by atoms with van der Waals surface area (Å²) < 4.78 is 0. The van der Waals surface area contributed by atoms with E-state index in [2.05, 4.69) is 14.8 Å². The molecule has 0 amide bonds. The van der Waals surface area contributed by atoms with E-state index in [-0.39, 0.29) is 0 Å². The zero-order valence-corrected chi connectivity index (χ0v) is 8.18. The van der Waals surface area contributed by atoms with Crippen molar-refractivity contribution in [2.75, 3.05) is 36.5 Å². The van der Waals surface area contributed by atoms with Gasteiger partial charge in [-0.15, -0.1) is 0 Å². The number of hydrogen-bond acceptors (Lipinski definition) is 4. The third-order valence-electron chi connectivity index (χ3n) is 2.47. The van der Waals surface area contributed by atoms with Gasteiger partial charge in [0.2, 0.25) is 0 Å². The predicted molar refractivity (Wildman–Crippen MR) is 55.8 cm³/mol. The fourth-order valence-electron chi connectivity index (χ4n) is 1.71. The minimum atomic E-state index is 0.451. The molecule has 2 heterocycles. The van der Waals surface area contributed by atoms with Crippen LogP contribution in [0.15, 0.2) is 18.3 Å². The van der Waals surface area contributed by atoms with Gasteiger partial charge >= 0.3 is 0 Å². The van der Waals surface area contributed by atoms with Crippen molar-refractivity contribution in [3.8, 4) is 0 Å². The lowest BCUT2D eigenvalue weighted by Crippen LogP contribution is -2.40. The maximum atomic E-state index is 10.5. The molecule has 4 heteroatoms. The molecule has 0 unspecified atom stereocenters. The Morgan fingerprint density at radius 1 is 1.57 bits per heavy atom. The number of aromatic nitrogens is 1. The molecule has 0 aromatic carbocycles. The van der Waals surface area contributed by atoms with Gasteiger partial charge in [-0.2, -0.15) is 0 Å². The van der Waals surface area contributed by atoms with E-state index < -0.39 is 0 Å². The van der Waals surface area contributed by atoms with E-state index in [1.165, 1.54) is 0 Å². The van der Waals surface area contributed by atoms with Gasteiger partial charge in [-0.3, -0.25) is 0 Å². The summed E-state index contributed by atoms with van der Waals surface area (Å²) in [6.07, 6.45) is 2.71. The third kappa shape index (κ3) is 1.43. The van der Waals surface area contributed by atoms with Crippen LogP contribution in [0.4, 0.5) is 11.5 Å². The highest BCUT2D eigenvalue weighted by Gasteiger charge is 2.19. The van der Waals surface area contributed by atoms with Crippen LogP contribution in [0.25, 0.3) is 0 Å². The second-order valence-corrected chi connectivity index (χ2v) is 3.38. The van der Waals surface area contributed by atoms with Crippen molar-refractivity contribution < 1.29 is 4.79 Å². The van der Waals surface area contributed by atoms with Crippen molar-refractivity contribution in [2.45, 2.75) is 0 Å². The minimum Gasteiger partial charge on any atom is -0.360 e. The second kappa shape index (κ2) is 3.65. The molecule has 0 saturated carbocycles. The van der Waals surface area contributed by atoms with Crippen molar-refractivity contribution in [3.05, 3.63) is 18.3 Å². The van der Waals surface area contributed by atoms with Crippen LogP contribution >= 0.6 is 0 Å². The van der Waals surface area contributed by atoms with Gasteiger partial charge in [0.1, 0.15) is 6.29 Å². The first kappa shape index (κ1) is 8.99. The van der Waals surface area contributed by atoms with Crippen molar-refractivity contribution >= 4 is 17.8 Å². The van der Waals surface area contributed by atoms with E-state index in [1.54, 1.807) is 6.20 Å². The largest absolute Gasteiger partial charge is 0.360 e. The number of carbonyl (C=O) groups is 1. The number of pyridine rings is 1. The smallest absolute Gasteiger partial charge is 0.151 e. The van der Waals surface area contributed by atoms with Crippen LogP contribution in [0, 0.1) is 0 Å². The van der Waals surface area contributed by atoms with E-state index in [4.69, 9.17) is 0 Å². The first-order chi connectivity index (χ1) is 6.83. The molecule has 2 rings (SSSR count). The van der Waals surface area contributed by atoms with E-state index in [9.17, 15) is 4.79 Å². The topological polar surface area (TPSA) is 36.4 Å². The van der Waals surface area contributed by atoms with Crippen LogP contribution in [-0.4, -0.2) is 38.0 Å². The maximum Gasteiger partial charge on any atom is 0.151 e. The third-order valence-corrected chi connectivity index (χ3v) is 2.47. The average molecular weight is 191 g/mol. The SMILES string of the molecule is CN1CCN(CC=O)c2cccnc21. The predicted octanol–water partition coefficient (Wildman–Crippen LogP) is 0.537. The van der Waals surface area contributed by atoms with E-state index in [0.717, 1.165) is 30.9 Å². The minimum absolute atomic E-state index is 0.451. The quantitative estimate of drug-likeness (QED) is 0.639. The highest BCUT2D eigenvalue weighted by molar-refractivity contribution is 5.72. The normalized spacial score (nSPS) is 15.2. The Morgan fingerprint density at radius 2 is 2.43 bits per heavy atom. The molecular weight excluding hydrogens is 178 g/mol. The Balaban J connectivity index is 2.36. The Bertz CT molecular complexity index is 340. The summed E-state index contributed by atoms with van der Waals surface area (Å²) in [7, 11) is 2.02. The molecule has 0 saturated heterocycles. The van der Waals surface area contributed by atoms with E-state index in [0.29, 0.717) is 6.54 Å². The molecule has 74 valence electrons. The molecule has 14 heavy (non-hydrogen) atoms. The highest BCUT2D eigenvalue weighted by Crippen LogP contribution is 2.28. The van der Waals surface area contributed by atoms with Crippen LogP contribution < -0.4 is 9.80 Å². The number of carbonyl (C=O) groups excluding carboxylic acids is 1. The van der Waals surface area contributed by atoms with Gasteiger partial charge in [0.25, 0.3) is 0 Å². The van der Waals surface area contributed by atoms with Crippen molar-refractivity contribution in [1.29, 1.82) is 0 Å². The fraction of sp³-hybridized carbons (Fsp3) is 0.400. The van der Waals surface area contributed by atoms with E-state index >= 15 is 0 Å². The lowest BCUT2D eigenvalue weighted by atomic mass is 10.2. The summed E-state index contributed by atoms with van der Waals surface area (Å²) in [4.78, 5) is 18.9. The van der Waals surface area contributed by atoms with Crippen LogP contribution in [0.5, 0.6) is 0 Å². The van der Waals surface area contributed by atoms with Gasteiger partial charge in [-0.25, -0.2) is 4.98 Å². The van der Waals surface area contributed by atoms with Gasteiger partial charge < -0.3 is 14.6 Å². The molecule has 1 aromatic rings. The monoisotopic (exact) mass is 191 g/mol. The van der Waals surface area contributed by atoms with Gasteiger partial charge in [0, 0.05) is 26.3 Å². The fourth-order valence-corrected chi connectivity index (χ4v) is 1.71. The van der Waals surface area contributed by atoms with Gasteiger partial charge in [0.05, 0.1) is 12.2 Å². The van der Waals surface area contributed by atoms with Gasteiger partial charge in [-0.05, 0) is 12.1 Å². The van der Waals surface area contributed by atoms with Crippen molar-refractivity contribution in [2.24, 2.45) is 0 Å². The molecule has 0 fully saturated rings. The first-order valence-electron chi connectivity index (χ1n) is 4.67. The summed E-state index contributed by atoms with van der Waals surface area (Å²) in [5, 5.41) is 0. The second-order valence-electron chi connectivity index (χ2n) is 3.38. The van der Waals surface area contributed by atoms with Crippen LogP contribution in [0.1, 0.15) is 0 Å². The molecule has 0 aliphatic carbocycles. The Hall–Kier alpha value is -1.58. The average Bonchev–Trinajstić information content (AvgIpc) is 2.23. The Morgan fingerprint density at radius 3 is 3.21 bits per heavy atom. The number of hydrogen-bond donors (Lipinski definition) is 0. The van der Waals surface area contributed by atoms with Crippen molar-refractivity contribution in [3.63, 3.8) is 0 Å². The lowest BCUT2D eigenvalue weighted by Gasteiger charge is -2.34. The molecule has 0 N–H and O–H groups in total.